The van der Waals surface area contributed by atoms with Gasteiger partial charge < -0.3 is 29.6 Å². The highest BCUT2D eigenvalue weighted by molar-refractivity contribution is 9.10. The lowest BCUT2D eigenvalue weighted by atomic mass is 9.59. The first kappa shape index (κ1) is 33.6. The predicted molar refractivity (Wildman–Crippen MR) is 174 cm³/mol. The molecule has 1 saturated heterocycles. The molecule has 2 amide bonds. The number of esters is 2. The van der Waals surface area contributed by atoms with Crippen molar-refractivity contribution < 1.29 is 38.1 Å². The van der Waals surface area contributed by atoms with Gasteiger partial charge in [-0.1, -0.05) is 45.2 Å². The fourth-order valence-electron chi connectivity index (χ4n) is 6.11. The monoisotopic (exact) mass is 732 g/mol. The van der Waals surface area contributed by atoms with Crippen LogP contribution in [0.4, 0.5) is 5.69 Å². The Bertz CT molecular complexity index is 1730. The van der Waals surface area contributed by atoms with Crippen LogP contribution in [0.25, 0.3) is 0 Å². The maximum atomic E-state index is 14.6. The van der Waals surface area contributed by atoms with Crippen molar-refractivity contribution in [1.29, 1.82) is 0 Å². The predicted octanol–water partition coefficient (Wildman–Crippen LogP) is 6.12. The highest BCUT2D eigenvalue weighted by atomic mass is 79.9. The number of nitrogens with one attached hydrogen (secondary N) is 2. The average molecular weight is 734 g/mol. The minimum atomic E-state index is -1.49. The molecule has 2 aliphatic rings. The Kier molecular flexibility index (Phi) is 9.58. The number of rotatable bonds is 9. The third-order valence-electron chi connectivity index (χ3n) is 8.28. The van der Waals surface area contributed by atoms with Crippen LogP contribution in [-0.4, -0.2) is 51.2 Å². The maximum absolute atomic E-state index is 14.6. The summed E-state index contributed by atoms with van der Waals surface area (Å²) >= 11 is 16.4. The first-order chi connectivity index (χ1) is 21.8. The second-order valence-corrected chi connectivity index (χ2v) is 13.5. The Morgan fingerprint density at radius 3 is 2.33 bits per heavy atom. The maximum Gasteiger partial charge on any atom is 0.343 e. The van der Waals surface area contributed by atoms with Crippen molar-refractivity contribution in [1.82, 2.24) is 5.32 Å². The number of fused-ring (bicyclic) bond motifs is 2. The highest BCUT2D eigenvalue weighted by Gasteiger charge is 2.62. The lowest BCUT2D eigenvalue weighted by Gasteiger charge is -2.47. The average Bonchev–Trinajstić information content (AvgIpc) is 3.30. The molecule has 0 saturated carbocycles. The number of anilines is 1. The van der Waals surface area contributed by atoms with Gasteiger partial charge in [0.15, 0.2) is 6.61 Å². The van der Waals surface area contributed by atoms with E-state index in [-0.39, 0.29) is 24.7 Å². The van der Waals surface area contributed by atoms with E-state index in [0.717, 1.165) is 0 Å². The van der Waals surface area contributed by atoms with Crippen LogP contribution in [0.5, 0.6) is 11.5 Å². The van der Waals surface area contributed by atoms with E-state index in [1.807, 2.05) is 0 Å². The molecule has 0 radical (unpaired) electrons. The molecular weight excluding hydrogens is 703 g/mol. The van der Waals surface area contributed by atoms with Crippen molar-refractivity contribution in [2.45, 2.75) is 37.6 Å². The second-order valence-electron chi connectivity index (χ2n) is 11.7. The zero-order valence-electron chi connectivity index (χ0n) is 25.4. The van der Waals surface area contributed by atoms with Gasteiger partial charge in [0.25, 0.3) is 0 Å². The number of piperidine rings is 1. The van der Waals surface area contributed by atoms with Crippen molar-refractivity contribution in [3.05, 3.63) is 85.8 Å². The van der Waals surface area contributed by atoms with Crippen molar-refractivity contribution >= 4 is 68.6 Å². The Morgan fingerprint density at radius 2 is 1.61 bits per heavy atom. The van der Waals surface area contributed by atoms with E-state index in [0.29, 0.717) is 42.6 Å². The van der Waals surface area contributed by atoms with Crippen molar-refractivity contribution in [2.75, 3.05) is 32.8 Å². The topological polar surface area (TPSA) is 129 Å². The van der Waals surface area contributed by atoms with Crippen LogP contribution in [0, 0.1) is 5.41 Å². The lowest BCUT2D eigenvalue weighted by Crippen LogP contribution is -2.57. The summed E-state index contributed by atoms with van der Waals surface area (Å²) in [4.78, 5) is 52.7. The first-order valence-electron chi connectivity index (χ1n) is 14.2. The van der Waals surface area contributed by atoms with Gasteiger partial charge >= 0.3 is 11.9 Å². The Balaban J connectivity index is 1.74. The molecule has 0 aromatic heterocycles. The van der Waals surface area contributed by atoms with E-state index in [1.54, 1.807) is 68.4 Å². The van der Waals surface area contributed by atoms with Gasteiger partial charge in [0.2, 0.25) is 11.8 Å². The minimum Gasteiger partial charge on any atom is -0.492 e. The van der Waals surface area contributed by atoms with Crippen LogP contribution in [0.15, 0.2) is 59.1 Å². The summed E-state index contributed by atoms with van der Waals surface area (Å²) in [5, 5.41) is 6.80. The van der Waals surface area contributed by atoms with E-state index in [1.165, 1.54) is 14.2 Å². The first-order valence-corrected chi connectivity index (χ1v) is 15.8. The smallest absolute Gasteiger partial charge is 0.343 e. The third-order valence-corrected chi connectivity index (χ3v) is 9.24. The number of hydrogen-bond acceptors (Lipinski definition) is 8. The number of hydrogen-bond donors (Lipinski definition) is 2. The molecular formula is C33H31BrCl2N2O8. The lowest BCUT2D eigenvalue weighted by molar-refractivity contribution is -0.152. The third kappa shape index (κ3) is 6.15. The molecule has 2 N–H and O–H groups in total. The van der Waals surface area contributed by atoms with Crippen LogP contribution in [0.2, 0.25) is 10.0 Å². The Hall–Kier alpha value is -3.80. The fourth-order valence-corrected chi connectivity index (χ4v) is 6.84. The van der Waals surface area contributed by atoms with Crippen molar-refractivity contribution in [3.63, 3.8) is 0 Å². The Morgan fingerprint density at radius 1 is 0.935 bits per heavy atom. The van der Waals surface area contributed by atoms with Gasteiger partial charge in [0.1, 0.15) is 23.5 Å². The number of methoxy groups -OCH3 is 2. The molecule has 10 nitrogen and oxygen atoms in total. The van der Waals surface area contributed by atoms with Gasteiger partial charge in [-0.3, -0.25) is 14.4 Å². The van der Waals surface area contributed by atoms with Gasteiger partial charge in [0, 0.05) is 43.7 Å². The summed E-state index contributed by atoms with van der Waals surface area (Å²) in [5.74, 6) is -2.08. The van der Waals surface area contributed by atoms with Crippen LogP contribution in [0.1, 0.15) is 48.9 Å². The highest BCUT2D eigenvalue weighted by Crippen LogP contribution is 2.59. The largest absolute Gasteiger partial charge is 0.492 e. The van der Waals surface area contributed by atoms with Gasteiger partial charge in [-0.25, -0.2) is 4.79 Å². The zero-order valence-corrected chi connectivity index (χ0v) is 28.5. The standard InChI is InChI=1S/C33H31BrCl2N2O8/c1-32(2,31(42)44-4)16-46-26-9-5-17(34)11-21(26)29-33(22-8-6-19(36)13-24(22)37-30(33)41)23(14-27(39)38-29)20-12-18(35)7-10-25(20)45-15-28(40)43-3/h5-13,23,29H,14-16H2,1-4H3,(H,37,41)(H,38,39)/t23-,29+,33-/m0/s1. The quantitative estimate of drug-likeness (QED) is 0.252. The van der Waals surface area contributed by atoms with Gasteiger partial charge in [-0.05, 0) is 67.9 Å². The number of carbonyl (C=O) groups excluding carboxylic acids is 4. The number of benzene rings is 3. The van der Waals surface area contributed by atoms with E-state index in [2.05, 4.69) is 26.6 Å². The van der Waals surface area contributed by atoms with Gasteiger partial charge in [-0.2, -0.15) is 0 Å². The number of halogens is 3. The van der Waals surface area contributed by atoms with Crippen LogP contribution in [-0.2, 0) is 34.1 Å². The van der Waals surface area contributed by atoms with Gasteiger partial charge in [0.05, 0.1) is 25.7 Å². The number of ether oxygens (including phenoxy) is 4. The molecule has 1 spiro atoms. The molecule has 2 heterocycles. The Labute approximate surface area is 284 Å². The van der Waals surface area contributed by atoms with Crippen LogP contribution >= 0.6 is 39.1 Å². The molecule has 1 fully saturated rings. The summed E-state index contributed by atoms with van der Waals surface area (Å²) in [6.45, 7) is 2.93. The summed E-state index contributed by atoms with van der Waals surface area (Å²) in [7, 11) is 2.55. The molecule has 0 aliphatic carbocycles. The molecule has 3 aromatic rings. The van der Waals surface area contributed by atoms with E-state index in [9.17, 15) is 19.2 Å². The van der Waals surface area contributed by atoms with Crippen molar-refractivity contribution in [3.8, 4) is 11.5 Å². The summed E-state index contributed by atoms with van der Waals surface area (Å²) < 4.78 is 22.5. The van der Waals surface area contributed by atoms with Gasteiger partial charge in [-0.15, -0.1) is 0 Å². The molecule has 5 rings (SSSR count). The van der Waals surface area contributed by atoms with E-state index in [4.69, 9.17) is 42.1 Å². The number of carbonyl (C=O) groups is 4. The molecule has 242 valence electrons. The molecule has 13 heteroatoms. The van der Waals surface area contributed by atoms with Crippen LogP contribution < -0.4 is 20.1 Å². The fraction of sp³-hybridized carbons (Fsp3) is 0.333. The molecule has 0 bridgehead atoms. The SMILES string of the molecule is COC(=O)COc1ccc(Cl)cc1[C@@H]1CC(=O)N[C@H](c2cc(Br)ccc2OCC(C)(C)C(=O)OC)[C@@]12C(=O)Nc1cc(Cl)ccc12. The second kappa shape index (κ2) is 13.1. The molecule has 46 heavy (non-hydrogen) atoms. The normalized spacial score (nSPS) is 20.4. The molecule has 3 aromatic carbocycles. The molecule has 3 atom stereocenters. The number of amides is 2. The zero-order chi connectivity index (χ0) is 33.4. The summed E-state index contributed by atoms with van der Waals surface area (Å²) in [6, 6.07) is 14.1. The van der Waals surface area contributed by atoms with Crippen molar-refractivity contribution in [2.24, 2.45) is 5.41 Å². The van der Waals surface area contributed by atoms with E-state index < -0.39 is 47.2 Å². The minimum absolute atomic E-state index is 0.0520. The van der Waals surface area contributed by atoms with Crippen LogP contribution in [0.3, 0.4) is 0 Å². The molecule has 0 unspecified atom stereocenters. The summed E-state index contributed by atoms with van der Waals surface area (Å²) in [6.07, 6.45) is -0.125. The molecule has 2 aliphatic heterocycles. The summed E-state index contributed by atoms with van der Waals surface area (Å²) in [5.41, 5.74) is -0.513. The van der Waals surface area contributed by atoms with E-state index >= 15 is 0 Å².